The van der Waals surface area contributed by atoms with Crippen molar-refractivity contribution in [2.45, 2.75) is 137 Å². The lowest BCUT2D eigenvalue weighted by Crippen LogP contribution is -2.51. The van der Waals surface area contributed by atoms with E-state index in [0.29, 0.717) is 21.7 Å². The number of cyclic esters (lactones) is 2. The normalized spacial score (nSPS) is 21.2. The fraction of sp³-hybridized carbons (Fsp3) is 0.574. The topological polar surface area (TPSA) is 196 Å². The van der Waals surface area contributed by atoms with Crippen molar-refractivity contribution >= 4 is 59.0 Å². The largest absolute Gasteiger partial charge is 0.460 e. The van der Waals surface area contributed by atoms with Gasteiger partial charge in [-0.25, -0.2) is 9.59 Å². The highest BCUT2D eigenvalue weighted by molar-refractivity contribution is 6.31. The molecule has 0 aromatic heterocycles. The van der Waals surface area contributed by atoms with Gasteiger partial charge in [0.05, 0.1) is 22.3 Å². The van der Waals surface area contributed by atoms with Gasteiger partial charge in [0.2, 0.25) is 11.8 Å². The number of halogens is 2. The monoisotopic (exact) mass is 917 g/mol. The number of rotatable bonds is 13. The van der Waals surface area contributed by atoms with Crippen LogP contribution in [-0.4, -0.2) is 84.0 Å². The van der Waals surface area contributed by atoms with Gasteiger partial charge in [-0.2, -0.15) is 0 Å². The molecule has 1 aliphatic heterocycles. The van der Waals surface area contributed by atoms with Gasteiger partial charge in [0.25, 0.3) is 0 Å². The number of hydrogen-bond acceptors (Lipinski definition) is 11. The van der Waals surface area contributed by atoms with Gasteiger partial charge in [0.15, 0.2) is 6.10 Å². The Bertz CT molecular complexity index is 1960. The molecule has 3 rings (SSSR count). The summed E-state index contributed by atoms with van der Waals surface area (Å²) in [5, 5.41) is 19.2. The van der Waals surface area contributed by atoms with E-state index in [4.69, 9.17) is 42.1 Å². The van der Waals surface area contributed by atoms with Crippen molar-refractivity contribution in [3.63, 3.8) is 0 Å². The highest BCUT2D eigenvalue weighted by atomic mass is 35.5. The molecule has 0 saturated carbocycles. The number of ether oxygens (including phenoxy) is 4. The minimum absolute atomic E-state index is 0.00548. The summed E-state index contributed by atoms with van der Waals surface area (Å²) < 4.78 is 22.6. The molecule has 348 valence electrons. The van der Waals surface area contributed by atoms with E-state index in [1.165, 1.54) is 12.2 Å². The number of carbonyl (C=O) groups excluding carboxylic acids is 6. The molecule has 6 unspecified atom stereocenters. The summed E-state index contributed by atoms with van der Waals surface area (Å²) >= 11 is 13.2. The van der Waals surface area contributed by atoms with Gasteiger partial charge < -0.3 is 40.0 Å². The third kappa shape index (κ3) is 16.8. The van der Waals surface area contributed by atoms with E-state index >= 15 is 0 Å². The molecule has 1 aliphatic rings. The number of aliphatic hydroxyl groups is 1. The molecule has 0 fully saturated rings. The van der Waals surface area contributed by atoms with Crippen molar-refractivity contribution < 1.29 is 52.8 Å². The molecule has 2 aromatic carbocycles. The zero-order valence-corrected chi connectivity index (χ0v) is 39.8. The maximum Gasteiger partial charge on any atom is 0.407 e. The minimum atomic E-state index is -1.31. The van der Waals surface area contributed by atoms with Crippen LogP contribution in [0.4, 0.5) is 4.79 Å². The van der Waals surface area contributed by atoms with Crippen LogP contribution < -0.4 is 16.0 Å². The second kappa shape index (κ2) is 22.8. The summed E-state index contributed by atoms with van der Waals surface area (Å²) in [5.74, 6) is -4.16. The van der Waals surface area contributed by atoms with Crippen molar-refractivity contribution in [1.82, 2.24) is 16.0 Å². The smallest absolute Gasteiger partial charge is 0.407 e. The molecule has 63 heavy (non-hydrogen) atoms. The third-order valence-electron chi connectivity index (χ3n) is 10.4. The van der Waals surface area contributed by atoms with Gasteiger partial charge in [-0.15, -0.1) is 11.6 Å². The Labute approximate surface area is 381 Å². The van der Waals surface area contributed by atoms with E-state index in [1.807, 2.05) is 32.9 Å². The molecule has 1 heterocycles. The molecule has 0 aliphatic carbocycles. The van der Waals surface area contributed by atoms with Crippen LogP contribution in [0.25, 0.3) is 0 Å². The Balaban J connectivity index is 1.82. The van der Waals surface area contributed by atoms with Gasteiger partial charge in [0.1, 0.15) is 24.4 Å². The number of benzene rings is 2. The summed E-state index contributed by atoms with van der Waals surface area (Å²) in [4.78, 5) is 79.3. The van der Waals surface area contributed by atoms with Crippen molar-refractivity contribution in [3.05, 3.63) is 81.9 Å². The second-order valence-corrected chi connectivity index (χ2v) is 19.8. The lowest BCUT2D eigenvalue weighted by molar-refractivity contribution is -0.180. The first-order valence-electron chi connectivity index (χ1n) is 21.2. The van der Waals surface area contributed by atoms with Crippen LogP contribution >= 0.6 is 23.2 Å². The molecule has 3 amide bonds. The standard InChI is InChI=1S/C47H65Cl2N3O11/c1-27(2)21-36-41(56)61-35(13-12-14-37(53)52-34(23-31-16-15-28(3)33(48)22-31)40(55)50-25-47(10,11)43(58)62-36)29(4)39(54)38(49)32-19-17-30(18-20-32)24-60-42(57)46(8,9)26-51-44(59)63-45(5,6)7/h12,14-20,22,27,29,34-36,38-39,54H,13,21,23-26H2,1-11H3,(H,50,55)(H,51,59)(H,52,53)/b14-12+. The first-order chi connectivity index (χ1) is 29.2. The predicted octanol–water partition coefficient (Wildman–Crippen LogP) is 7.22. The van der Waals surface area contributed by atoms with Crippen molar-refractivity contribution in [3.8, 4) is 0 Å². The average Bonchev–Trinajstić information content (AvgIpc) is 3.19. The highest BCUT2D eigenvalue weighted by Crippen LogP contribution is 2.33. The zero-order valence-electron chi connectivity index (χ0n) is 38.3. The van der Waals surface area contributed by atoms with E-state index in [9.17, 15) is 33.9 Å². The number of esters is 3. The maximum atomic E-state index is 13.8. The van der Waals surface area contributed by atoms with E-state index in [1.54, 1.807) is 85.7 Å². The lowest BCUT2D eigenvalue weighted by atomic mass is 9.90. The van der Waals surface area contributed by atoms with Gasteiger partial charge >= 0.3 is 24.0 Å². The molecule has 0 radical (unpaired) electrons. The number of nitrogens with one attached hydrogen (secondary N) is 3. The molecule has 14 nitrogen and oxygen atoms in total. The molecular formula is C47H65Cl2N3O11. The molecule has 0 spiro atoms. The Kier molecular flexibility index (Phi) is 19.1. The van der Waals surface area contributed by atoms with E-state index in [0.717, 1.165) is 5.56 Å². The lowest BCUT2D eigenvalue weighted by Gasteiger charge is -2.32. The summed E-state index contributed by atoms with van der Waals surface area (Å²) in [7, 11) is 0. The Morgan fingerprint density at radius 1 is 0.984 bits per heavy atom. The second-order valence-electron chi connectivity index (χ2n) is 18.9. The van der Waals surface area contributed by atoms with E-state index < -0.39 is 87.9 Å². The van der Waals surface area contributed by atoms with Crippen LogP contribution in [0.5, 0.6) is 0 Å². The SMILES string of the molecule is Cc1ccc(CC2NC(=O)/C=C/CC(C(C)C(O)C(Cl)c3ccc(COC(=O)C(C)(C)CNC(=O)OC(C)(C)C)cc3)OC(=O)C(CC(C)C)OC(=O)C(C)(C)CNC2=O)cc1Cl. The highest BCUT2D eigenvalue weighted by Gasteiger charge is 2.39. The van der Waals surface area contributed by atoms with Gasteiger partial charge in [-0.1, -0.05) is 74.8 Å². The Hall–Kier alpha value is -4.66. The number of carbonyl (C=O) groups is 6. The van der Waals surface area contributed by atoms with E-state index in [-0.39, 0.29) is 44.9 Å². The first kappa shape index (κ1) is 52.7. The third-order valence-corrected chi connectivity index (χ3v) is 11.3. The Morgan fingerprint density at radius 2 is 1.62 bits per heavy atom. The number of hydrogen-bond donors (Lipinski definition) is 4. The van der Waals surface area contributed by atoms with Crippen LogP contribution in [0.2, 0.25) is 5.02 Å². The molecule has 2 aromatic rings. The molecule has 6 atom stereocenters. The van der Waals surface area contributed by atoms with Crippen LogP contribution in [0, 0.1) is 29.6 Å². The van der Waals surface area contributed by atoms with Crippen LogP contribution in [0.3, 0.4) is 0 Å². The quantitative estimate of drug-likeness (QED) is 0.0900. The number of alkyl halides is 1. The first-order valence-corrected chi connectivity index (χ1v) is 22.0. The molecule has 4 N–H and O–H groups in total. The fourth-order valence-corrected chi connectivity index (χ4v) is 6.83. The molecule has 0 saturated heterocycles. The van der Waals surface area contributed by atoms with Gasteiger partial charge in [-0.05, 0) is 102 Å². The number of aliphatic hydroxyl groups excluding tert-OH is 1. The van der Waals surface area contributed by atoms with Crippen LogP contribution in [0.15, 0.2) is 54.6 Å². The number of alkyl carbamates (subject to hydrolysis) is 1. The summed E-state index contributed by atoms with van der Waals surface area (Å²) in [6.07, 6.45) is -1.40. The van der Waals surface area contributed by atoms with E-state index in [2.05, 4.69) is 16.0 Å². The van der Waals surface area contributed by atoms with Crippen molar-refractivity contribution in [2.75, 3.05) is 13.1 Å². The zero-order chi connectivity index (χ0) is 47.4. The van der Waals surface area contributed by atoms with Crippen LogP contribution in [0.1, 0.15) is 110 Å². The summed E-state index contributed by atoms with van der Waals surface area (Å²) in [6.45, 7) is 18.6. The van der Waals surface area contributed by atoms with Crippen molar-refractivity contribution in [2.24, 2.45) is 22.7 Å². The summed E-state index contributed by atoms with van der Waals surface area (Å²) in [5.41, 5.74) is -0.305. The summed E-state index contributed by atoms with van der Waals surface area (Å²) in [6, 6.07) is 11.1. The van der Waals surface area contributed by atoms with Crippen LogP contribution in [-0.2, 0) is 55.9 Å². The minimum Gasteiger partial charge on any atom is -0.460 e. The van der Waals surface area contributed by atoms with Gasteiger partial charge in [-0.3, -0.25) is 19.2 Å². The average molecular weight is 919 g/mol. The Morgan fingerprint density at radius 3 is 2.22 bits per heavy atom. The van der Waals surface area contributed by atoms with Crippen molar-refractivity contribution in [1.29, 1.82) is 0 Å². The fourth-order valence-electron chi connectivity index (χ4n) is 6.25. The molecule has 0 bridgehead atoms. The van der Waals surface area contributed by atoms with Gasteiger partial charge in [0, 0.05) is 36.9 Å². The number of aryl methyl sites for hydroxylation is 1. The maximum absolute atomic E-state index is 13.8. The predicted molar refractivity (Wildman–Crippen MR) is 240 cm³/mol. The molecular weight excluding hydrogens is 853 g/mol. The number of amides is 3. The molecule has 16 heteroatoms.